The van der Waals surface area contributed by atoms with Gasteiger partial charge in [0.05, 0.1) is 0 Å². The number of nitrogens with zero attached hydrogens (tertiary/aromatic N) is 3. The maximum Gasteiger partial charge on any atom is 0.329 e. The van der Waals surface area contributed by atoms with Crippen molar-refractivity contribution in [3.63, 3.8) is 0 Å². The van der Waals surface area contributed by atoms with Crippen molar-refractivity contribution in [1.82, 2.24) is 20.1 Å². The zero-order valence-electron chi connectivity index (χ0n) is 11.7. The average Bonchev–Trinajstić information content (AvgIpc) is 2.91. The third-order valence-electron chi connectivity index (χ3n) is 3.98. The molecule has 0 bridgehead atoms. The number of amides is 1. The smallest absolute Gasteiger partial charge is 0.329 e. The summed E-state index contributed by atoms with van der Waals surface area (Å²) >= 11 is 0. The lowest BCUT2D eigenvalue weighted by atomic mass is 9.76. The molecule has 3 unspecified atom stereocenters. The second-order valence-corrected chi connectivity index (χ2v) is 5.63. The quantitative estimate of drug-likeness (QED) is 0.857. The van der Waals surface area contributed by atoms with E-state index in [2.05, 4.69) is 15.4 Å². The van der Waals surface area contributed by atoms with Crippen molar-refractivity contribution >= 4 is 11.9 Å². The highest BCUT2D eigenvalue weighted by Crippen LogP contribution is 2.33. The van der Waals surface area contributed by atoms with Gasteiger partial charge in [0.15, 0.2) is 0 Å². The van der Waals surface area contributed by atoms with E-state index in [0.717, 1.165) is 12.8 Å². The van der Waals surface area contributed by atoms with Crippen LogP contribution < -0.4 is 5.32 Å². The molecule has 110 valence electrons. The number of carbonyl (C=O) groups is 2. The number of hydrogen-bond donors (Lipinski definition) is 2. The maximum absolute atomic E-state index is 12.3. The van der Waals surface area contributed by atoms with Crippen LogP contribution in [0.2, 0.25) is 0 Å². The van der Waals surface area contributed by atoms with Gasteiger partial charge in [-0.15, -0.1) is 0 Å². The first kappa shape index (κ1) is 14.5. The van der Waals surface area contributed by atoms with Crippen molar-refractivity contribution in [2.24, 2.45) is 5.92 Å². The predicted molar refractivity (Wildman–Crippen MR) is 70.9 cm³/mol. The van der Waals surface area contributed by atoms with Gasteiger partial charge in [-0.1, -0.05) is 19.8 Å². The molecule has 1 aliphatic carbocycles. The lowest BCUT2D eigenvalue weighted by Crippen LogP contribution is -2.58. The molecule has 2 N–H and O–H groups in total. The minimum atomic E-state index is -1.15. The molecule has 0 aromatic carbocycles. The van der Waals surface area contributed by atoms with Crippen molar-refractivity contribution in [3.05, 3.63) is 12.7 Å². The summed E-state index contributed by atoms with van der Waals surface area (Å²) in [6, 6.07) is -0.578. The standard InChI is InChI=1S/C13H20N4O3/c1-9-4-3-5-13(6-9,12(19)20)16-11(18)10(2)17-8-14-7-15-17/h7-10H,3-6H2,1-2H3,(H,16,18)(H,19,20). The van der Waals surface area contributed by atoms with Crippen LogP contribution in [0.3, 0.4) is 0 Å². The fraction of sp³-hybridized carbons (Fsp3) is 0.692. The van der Waals surface area contributed by atoms with Crippen molar-refractivity contribution in [1.29, 1.82) is 0 Å². The average molecular weight is 280 g/mol. The summed E-state index contributed by atoms with van der Waals surface area (Å²) in [5.74, 6) is -1.00. The number of nitrogens with one attached hydrogen (secondary N) is 1. The first-order valence-electron chi connectivity index (χ1n) is 6.84. The van der Waals surface area contributed by atoms with E-state index in [-0.39, 0.29) is 5.91 Å². The summed E-state index contributed by atoms with van der Waals surface area (Å²) < 4.78 is 1.41. The minimum Gasteiger partial charge on any atom is -0.480 e. The van der Waals surface area contributed by atoms with Crippen molar-refractivity contribution in [2.45, 2.75) is 51.1 Å². The molecule has 1 aromatic rings. The summed E-state index contributed by atoms with van der Waals surface area (Å²) in [4.78, 5) is 27.7. The SMILES string of the molecule is CC1CCCC(NC(=O)C(C)n2cncn2)(C(=O)O)C1. The Kier molecular flexibility index (Phi) is 4.06. The summed E-state index contributed by atoms with van der Waals surface area (Å²) in [6.07, 6.45) is 5.55. The lowest BCUT2D eigenvalue weighted by Gasteiger charge is -2.37. The van der Waals surface area contributed by atoms with Gasteiger partial charge in [-0.3, -0.25) is 4.79 Å². The number of carbonyl (C=O) groups excluding carboxylic acids is 1. The molecule has 1 aromatic heterocycles. The maximum atomic E-state index is 12.3. The van der Waals surface area contributed by atoms with Crippen LogP contribution >= 0.6 is 0 Å². The molecule has 1 saturated carbocycles. The second-order valence-electron chi connectivity index (χ2n) is 5.63. The summed E-state index contributed by atoms with van der Waals surface area (Å²) in [7, 11) is 0. The van der Waals surface area contributed by atoms with Crippen LogP contribution in [0.5, 0.6) is 0 Å². The Balaban J connectivity index is 2.12. The Bertz CT molecular complexity index is 488. The topological polar surface area (TPSA) is 97.1 Å². The first-order valence-corrected chi connectivity index (χ1v) is 6.84. The Morgan fingerprint density at radius 3 is 2.85 bits per heavy atom. The normalized spacial score (nSPS) is 27.8. The summed E-state index contributed by atoms with van der Waals surface area (Å²) in [5, 5.41) is 16.2. The minimum absolute atomic E-state index is 0.293. The van der Waals surface area contributed by atoms with Crippen LogP contribution in [0.25, 0.3) is 0 Å². The number of aliphatic carboxylic acids is 1. The van der Waals surface area contributed by atoms with Crippen molar-refractivity contribution < 1.29 is 14.7 Å². The third-order valence-corrected chi connectivity index (χ3v) is 3.98. The fourth-order valence-corrected chi connectivity index (χ4v) is 2.79. The van der Waals surface area contributed by atoms with Gasteiger partial charge in [-0.25, -0.2) is 14.5 Å². The monoisotopic (exact) mass is 280 g/mol. The van der Waals surface area contributed by atoms with Crippen LogP contribution in [-0.2, 0) is 9.59 Å². The second kappa shape index (κ2) is 5.60. The Hall–Kier alpha value is -1.92. The molecule has 7 heteroatoms. The van der Waals surface area contributed by atoms with E-state index in [1.165, 1.54) is 17.3 Å². The van der Waals surface area contributed by atoms with Gasteiger partial charge in [-0.2, -0.15) is 5.10 Å². The number of carboxylic acids is 1. The number of hydrogen-bond acceptors (Lipinski definition) is 4. The number of rotatable bonds is 4. The highest BCUT2D eigenvalue weighted by molar-refractivity contribution is 5.88. The molecule has 20 heavy (non-hydrogen) atoms. The zero-order valence-corrected chi connectivity index (χ0v) is 11.7. The largest absolute Gasteiger partial charge is 0.480 e. The van der Waals surface area contributed by atoms with Crippen LogP contribution in [-0.4, -0.2) is 37.3 Å². The van der Waals surface area contributed by atoms with Crippen LogP contribution in [0.1, 0.15) is 45.6 Å². The van der Waals surface area contributed by atoms with Gasteiger partial charge in [-0.05, 0) is 25.7 Å². The molecular formula is C13H20N4O3. The van der Waals surface area contributed by atoms with Crippen LogP contribution in [0.4, 0.5) is 0 Å². The van der Waals surface area contributed by atoms with E-state index in [1.807, 2.05) is 6.92 Å². The van der Waals surface area contributed by atoms with Crippen molar-refractivity contribution in [3.8, 4) is 0 Å². The van der Waals surface area contributed by atoms with E-state index in [0.29, 0.717) is 18.8 Å². The highest BCUT2D eigenvalue weighted by Gasteiger charge is 2.43. The highest BCUT2D eigenvalue weighted by atomic mass is 16.4. The van der Waals surface area contributed by atoms with E-state index in [4.69, 9.17) is 0 Å². The van der Waals surface area contributed by atoms with Gasteiger partial charge in [0.2, 0.25) is 5.91 Å². The molecule has 1 aliphatic rings. The Morgan fingerprint density at radius 2 is 2.30 bits per heavy atom. The Labute approximate surface area is 117 Å². The Morgan fingerprint density at radius 1 is 1.55 bits per heavy atom. The van der Waals surface area contributed by atoms with E-state index < -0.39 is 17.6 Å². The molecule has 7 nitrogen and oxygen atoms in total. The summed E-state index contributed by atoms with van der Waals surface area (Å²) in [5.41, 5.74) is -1.15. The van der Waals surface area contributed by atoms with E-state index >= 15 is 0 Å². The van der Waals surface area contributed by atoms with Gasteiger partial charge in [0, 0.05) is 0 Å². The third kappa shape index (κ3) is 2.81. The number of carboxylic acid groups (broad SMARTS) is 1. The lowest BCUT2D eigenvalue weighted by molar-refractivity contribution is -0.150. The predicted octanol–water partition coefficient (Wildman–Crippen LogP) is 0.989. The van der Waals surface area contributed by atoms with Crippen LogP contribution in [0.15, 0.2) is 12.7 Å². The van der Waals surface area contributed by atoms with Gasteiger partial charge in [0.25, 0.3) is 0 Å². The molecule has 0 radical (unpaired) electrons. The molecule has 1 fully saturated rings. The molecule has 0 aliphatic heterocycles. The molecule has 0 saturated heterocycles. The van der Waals surface area contributed by atoms with Crippen molar-refractivity contribution in [2.75, 3.05) is 0 Å². The molecule has 1 heterocycles. The first-order chi connectivity index (χ1) is 9.44. The fourth-order valence-electron chi connectivity index (χ4n) is 2.79. The molecule has 0 spiro atoms. The van der Waals surface area contributed by atoms with Gasteiger partial charge < -0.3 is 10.4 Å². The van der Waals surface area contributed by atoms with Crippen LogP contribution in [0, 0.1) is 5.92 Å². The summed E-state index contributed by atoms with van der Waals surface area (Å²) in [6.45, 7) is 3.69. The van der Waals surface area contributed by atoms with E-state index in [9.17, 15) is 14.7 Å². The molecule has 2 rings (SSSR count). The van der Waals surface area contributed by atoms with E-state index in [1.54, 1.807) is 6.92 Å². The number of aromatic nitrogens is 3. The molecule has 3 atom stereocenters. The van der Waals surface area contributed by atoms with Gasteiger partial charge in [0.1, 0.15) is 24.2 Å². The van der Waals surface area contributed by atoms with Gasteiger partial charge >= 0.3 is 5.97 Å². The molecule has 1 amide bonds. The zero-order chi connectivity index (χ0) is 14.8. The molecular weight excluding hydrogens is 260 g/mol.